The number of nitrogens with two attached hydrogens (primary N) is 2. The van der Waals surface area contributed by atoms with E-state index in [1.165, 1.54) is 11.3 Å². The largest absolute Gasteiger partial charge is 0.491 e. The van der Waals surface area contributed by atoms with Crippen molar-refractivity contribution in [1.29, 1.82) is 0 Å². The fraction of sp³-hybridized carbons (Fsp3) is 0.440. The van der Waals surface area contributed by atoms with Gasteiger partial charge in [0.25, 0.3) is 5.91 Å². The van der Waals surface area contributed by atoms with Gasteiger partial charge in [0.1, 0.15) is 22.1 Å². The van der Waals surface area contributed by atoms with Crippen molar-refractivity contribution >= 4 is 38.8 Å². The third-order valence-electron chi connectivity index (χ3n) is 6.62. The molecule has 0 radical (unpaired) electrons. The minimum absolute atomic E-state index is 0.101. The zero-order valence-corrected chi connectivity index (χ0v) is 20.4. The van der Waals surface area contributed by atoms with Crippen LogP contribution in [0.2, 0.25) is 0 Å². The van der Waals surface area contributed by atoms with Crippen molar-refractivity contribution in [2.24, 2.45) is 11.7 Å². The molecule has 8 nitrogen and oxygen atoms in total. The molecule has 0 saturated carbocycles. The van der Waals surface area contributed by atoms with Crippen molar-refractivity contribution in [2.45, 2.75) is 32.4 Å². The van der Waals surface area contributed by atoms with E-state index in [9.17, 15) is 4.79 Å². The van der Waals surface area contributed by atoms with E-state index < -0.39 is 0 Å². The number of aryl methyl sites for hydroxylation is 1. The van der Waals surface area contributed by atoms with Crippen LogP contribution in [0.15, 0.2) is 30.3 Å². The fourth-order valence-corrected chi connectivity index (χ4v) is 5.75. The Morgan fingerprint density at radius 3 is 3.00 bits per heavy atom. The van der Waals surface area contributed by atoms with Crippen LogP contribution in [0.5, 0.6) is 5.75 Å². The Morgan fingerprint density at radius 2 is 2.18 bits per heavy atom. The summed E-state index contributed by atoms with van der Waals surface area (Å²) in [7, 11) is 0. The number of hydrogen-bond acceptors (Lipinski definition) is 8. The molecule has 1 aromatic carbocycles. The van der Waals surface area contributed by atoms with Gasteiger partial charge in [-0.15, -0.1) is 11.3 Å². The van der Waals surface area contributed by atoms with E-state index in [4.69, 9.17) is 20.9 Å². The number of thiophene rings is 1. The lowest BCUT2D eigenvalue weighted by atomic mass is 10.0. The quantitative estimate of drug-likeness (QED) is 0.496. The van der Waals surface area contributed by atoms with E-state index in [0.717, 1.165) is 46.0 Å². The second-order valence-electron chi connectivity index (χ2n) is 9.12. The van der Waals surface area contributed by atoms with Gasteiger partial charge in [-0.2, -0.15) is 0 Å². The zero-order chi connectivity index (χ0) is 23.8. The van der Waals surface area contributed by atoms with Gasteiger partial charge in [0.05, 0.1) is 18.3 Å². The van der Waals surface area contributed by atoms with Crippen LogP contribution in [-0.4, -0.2) is 55.9 Å². The lowest BCUT2D eigenvalue weighted by Gasteiger charge is -2.28. The third kappa shape index (κ3) is 4.43. The third-order valence-corrected chi connectivity index (χ3v) is 7.74. The summed E-state index contributed by atoms with van der Waals surface area (Å²) < 4.78 is 11.7. The first-order chi connectivity index (χ1) is 16.4. The molecule has 1 saturated heterocycles. The molecule has 3 atom stereocenters. The summed E-state index contributed by atoms with van der Waals surface area (Å²) in [6.45, 7) is 7.43. The molecule has 0 unspecified atom stereocenters. The summed E-state index contributed by atoms with van der Waals surface area (Å²) in [5.74, 6) is 1.01. The molecule has 5 N–H and O–H groups in total. The molecule has 1 amide bonds. The fourth-order valence-electron chi connectivity index (χ4n) is 4.71. The molecule has 1 fully saturated rings. The number of nitrogens with zero attached hydrogens (tertiary/aromatic N) is 2. The van der Waals surface area contributed by atoms with Gasteiger partial charge in [0, 0.05) is 54.5 Å². The van der Waals surface area contributed by atoms with Crippen molar-refractivity contribution in [3.05, 3.63) is 46.5 Å². The maximum Gasteiger partial charge on any atom is 0.263 e. The molecule has 0 aliphatic carbocycles. The van der Waals surface area contributed by atoms with E-state index >= 15 is 0 Å². The highest BCUT2D eigenvalue weighted by molar-refractivity contribution is 7.21. The van der Waals surface area contributed by atoms with Crippen LogP contribution in [0.1, 0.15) is 27.9 Å². The number of benzene rings is 1. The minimum Gasteiger partial charge on any atom is -0.491 e. The molecule has 0 spiro atoms. The average Bonchev–Trinajstić information content (AvgIpc) is 3.36. The average molecular weight is 482 g/mol. The Hall–Kier alpha value is -2.88. The number of aromatic nitrogens is 1. The van der Waals surface area contributed by atoms with E-state index in [-0.39, 0.29) is 18.0 Å². The normalized spacial score (nSPS) is 22.0. The number of nitrogen functional groups attached to an aromatic ring is 1. The second kappa shape index (κ2) is 9.40. The summed E-state index contributed by atoms with van der Waals surface area (Å²) in [6, 6.07) is 10.1. The number of hydrogen-bond donors (Lipinski definition) is 3. The van der Waals surface area contributed by atoms with Gasteiger partial charge >= 0.3 is 0 Å². The van der Waals surface area contributed by atoms with Crippen LogP contribution in [0.25, 0.3) is 10.2 Å². The van der Waals surface area contributed by atoms with E-state index in [2.05, 4.69) is 33.4 Å². The standard InChI is InChI=1S/C25H31N5O3S/c1-3-32-12-16-10-30(11-20(16)26)18-6-5-15-8-17(13-33-21(15)9-18)29-24(31)23-22(27)19-7-4-14(2)28-25(19)34-23/h4-7,9,16-17,20H,3,8,10-13,26-27H2,1-2H3,(H,29,31)/t16-,17+,20-/m0/s1. The Bertz CT molecular complexity index is 1210. The Morgan fingerprint density at radius 1 is 1.32 bits per heavy atom. The van der Waals surface area contributed by atoms with Crippen LogP contribution in [0.4, 0.5) is 11.4 Å². The summed E-state index contributed by atoms with van der Waals surface area (Å²) in [5, 5.41) is 3.91. The maximum atomic E-state index is 13.0. The molecular weight excluding hydrogens is 450 g/mol. The number of amides is 1. The van der Waals surface area contributed by atoms with Crippen LogP contribution in [0.3, 0.4) is 0 Å². The number of ether oxygens (including phenoxy) is 2. The molecule has 9 heteroatoms. The monoisotopic (exact) mass is 481 g/mol. The van der Waals surface area contributed by atoms with Gasteiger partial charge in [-0.1, -0.05) is 6.07 Å². The first-order valence-corrected chi connectivity index (χ1v) is 12.5. The van der Waals surface area contributed by atoms with Crippen molar-refractivity contribution in [3.63, 3.8) is 0 Å². The predicted octanol–water partition coefficient (Wildman–Crippen LogP) is 2.72. The van der Waals surface area contributed by atoms with E-state index in [1.54, 1.807) is 0 Å². The van der Waals surface area contributed by atoms with Gasteiger partial charge in [-0.3, -0.25) is 4.79 Å². The van der Waals surface area contributed by atoms with Crippen LogP contribution in [-0.2, 0) is 11.2 Å². The number of nitrogens with one attached hydrogen (secondary N) is 1. The number of anilines is 2. The highest BCUT2D eigenvalue weighted by atomic mass is 32.1. The summed E-state index contributed by atoms with van der Waals surface area (Å²) in [6.07, 6.45) is 0.704. The summed E-state index contributed by atoms with van der Waals surface area (Å²) >= 11 is 1.33. The molecule has 34 heavy (non-hydrogen) atoms. The molecule has 5 rings (SSSR count). The molecule has 0 bridgehead atoms. The minimum atomic E-state index is -0.182. The number of carbonyl (C=O) groups excluding carboxylic acids is 1. The first-order valence-electron chi connectivity index (χ1n) is 11.7. The topological polar surface area (TPSA) is 116 Å². The van der Waals surface area contributed by atoms with Gasteiger partial charge in [0.2, 0.25) is 0 Å². The Balaban J connectivity index is 1.24. The number of fused-ring (bicyclic) bond motifs is 2. The van der Waals surface area contributed by atoms with Gasteiger partial charge in [0.15, 0.2) is 0 Å². The van der Waals surface area contributed by atoms with Crippen molar-refractivity contribution in [3.8, 4) is 5.75 Å². The highest BCUT2D eigenvalue weighted by Gasteiger charge is 2.31. The molecule has 180 valence electrons. The van der Waals surface area contributed by atoms with Gasteiger partial charge in [-0.25, -0.2) is 4.98 Å². The Labute approximate surface area is 203 Å². The van der Waals surface area contributed by atoms with Crippen LogP contribution >= 0.6 is 11.3 Å². The molecule has 3 aromatic rings. The predicted molar refractivity (Wildman–Crippen MR) is 136 cm³/mol. The van der Waals surface area contributed by atoms with Crippen molar-refractivity contribution in [2.75, 3.05) is 43.5 Å². The van der Waals surface area contributed by atoms with Crippen LogP contribution in [0, 0.1) is 12.8 Å². The first kappa shape index (κ1) is 22.9. The van der Waals surface area contributed by atoms with Crippen molar-refractivity contribution < 1.29 is 14.3 Å². The molecular formula is C25H31N5O3S. The lowest BCUT2D eigenvalue weighted by Crippen LogP contribution is -2.42. The molecule has 2 aromatic heterocycles. The van der Waals surface area contributed by atoms with Gasteiger partial charge < -0.3 is 31.2 Å². The van der Waals surface area contributed by atoms with Crippen LogP contribution < -0.4 is 26.4 Å². The number of rotatable bonds is 6. The zero-order valence-electron chi connectivity index (χ0n) is 19.5. The van der Waals surface area contributed by atoms with E-state index in [0.29, 0.717) is 42.7 Å². The smallest absolute Gasteiger partial charge is 0.263 e. The SMILES string of the molecule is CCOC[C@@H]1CN(c2ccc3c(c2)OC[C@H](NC(=O)c2sc4nc(C)ccc4c2N)C3)C[C@@H]1N. The summed E-state index contributed by atoms with van der Waals surface area (Å²) in [4.78, 5) is 21.0. The molecule has 4 heterocycles. The number of carbonyl (C=O) groups is 1. The lowest BCUT2D eigenvalue weighted by molar-refractivity contribution is 0.0920. The van der Waals surface area contributed by atoms with Crippen molar-refractivity contribution in [1.82, 2.24) is 10.3 Å². The van der Waals surface area contributed by atoms with Gasteiger partial charge in [-0.05, 0) is 44.0 Å². The summed E-state index contributed by atoms with van der Waals surface area (Å²) in [5.41, 5.74) is 16.2. The number of pyridine rings is 1. The molecule has 2 aliphatic heterocycles. The van der Waals surface area contributed by atoms with E-state index in [1.807, 2.05) is 26.0 Å². The molecule has 2 aliphatic rings. The Kier molecular flexibility index (Phi) is 6.33. The maximum absolute atomic E-state index is 13.0. The highest BCUT2D eigenvalue weighted by Crippen LogP contribution is 2.34. The second-order valence-corrected chi connectivity index (χ2v) is 10.1.